The lowest BCUT2D eigenvalue weighted by atomic mass is 9.89. The lowest BCUT2D eigenvalue weighted by Gasteiger charge is -2.22. The molecule has 4 rings (SSSR count). The van der Waals surface area contributed by atoms with Crippen molar-refractivity contribution in [3.63, 3.8) is 0 Å². The van der Waals surface area contributed by atoms with Gasteiger partial charge in [0.1, 0.15) is 6.61 Å². The van der Waals surface area contributed by atoms with Gasteiger partial charge in [-0.1, -0.05) is 104 Å². The van der Waals surface area contributed by atoms with E-state index in [2.05, 4.69) is 66.8 Å². The Morgan fingerprint density at radius 3 is 2.20 bits per heavy atom. The first-order chi connectivity index (χ1) is 14.8. The minimum atomic E-state index is -0.770. The monoisotopic (exact) mass is 416 g/mol. The van der Waals surface area contributed by atoms with Crippen molar-refractivity contribution in [2.45, 2.75) is 32.1 Å². The summed E-state index contributed by atoms with van der Waals surface area (Å²) < 4.78 is 5.74. The fourth-order valence-corrected chi connectivity index (χ4v) is 6.59. The fourth-order valence-electron chi connectivity index (χ4n) is 4.15. The van der Waals surface area contributed by atoms with Crippen LogP contribution in [0, 0.1) is 5.92 Å². The average Bonchev–Trinajstić information content (AvgIpc) is 3.28. The molecule has 0 saturated heterocycles. The molecular weight excluding hydrogens is 387 g/mol. The molecule has 154 valence electrons. The predicted molar refractivity (Wildman–Crippen MR) is 128 cm³/mol. The van der Waals surface area contributed by atoms with Crippen LogP contribution >= 0.6 is 7.92 Å². The summed E-state index contributed by atoms with van der Waals surface area (Å²) in [6, 6.07) is 21.1. The molecule has 0 radical (unpaired) electrons. The molecule has 2 nitrogen and oxygen atoms in total. The van der Waals surface area contributed by atoms with Crippen LogP contribution in [0.15, 0.2) is 108 Å². The summed E-state index contributed by atoms with van der Waals surface area (Å²) >= 11 is 0. The Morgan fingerprint density at radius 2 is 1.57 bits per heavy atom. The van der Waals surface area contributed by atoms with Crippen LogP contribution in [0.1, 0.15) is 32.1 Å². The van der Waals surface area contributed by atoms with E-state index in [4.69, 9.17) is 4.74 Å². The first kappa shape index (κ1) is 20.7. The molecule has 2 aliphatic carbocycles. The molecule has 2 aromatic rings. The van der Waals surface area contributed by atoms with E-state index in [1.165, 1.54) is 42.7 Å². The third-order valence-electron chi connectivity index (χ3n) is 5.67. The number of ether oxygens (including phenoxy) is 1. The lowest BCUT2D eigenvalue weighted by molar-refractivity contribution is 0.110. The summed E-state index contributed by atoms with van der Waals surface area (Å²) in [5.41, 5.74) is 0.792. The second-order valence-electron chi connectivity index (χ2n) is 7.77. The Labute approximate surface area is 181 Å². The molecular formula is C27H29O2P. The molecule has 1 saturated carbocycles. The van der Waals surface area contributed by atoms with Crippen LogP contribution in [0.2, 0.25) is 0 Å². The number of hydrogen-bond donors (Lipinski definition) is 1. The summed E-state index contributed by atoms with van der Waals surface area (Å²) in [5.74, 6) is 0.686. The van der Waals surface area contributed by atoms with Gasteiger partial charge in [-0.2, -0.15) is 0 Å². The highest BCUT2D eigenvalue weighted by molar-refractivity contribution is 7.77. The van der Waals surface area contributed by atoms with Gasteiger partial charge in [-0.3, -0.25) is 0 Å². The number of rotatable bonds is 7. The van der Waals surface area contributed by atoms with Gasteiger partial charge in [0.15, 0.2) is 0 Å². The number of aliphatic hydroxyl groups excluding tert-OH is 1. The van der Waals surface area contributed by atoms with Gasteiger partial charge in [-0.05, 0) is 48.7 Å². The number of aliphatic hydroxyl groups is 1. The van der Waals surface area contributed by atoms with Gasteiger partial charge in [0.25, 0.3) is 5.95 Å². The van der Waals surface area contributed by atoms with Crippen molar-refractivity contribution in [3.8, 4) is 0 Å². The zero-order valence-corrected chi connectivity index (χ0v) is 18.2. The maximum absolute atomic E-state index is 10.7. The minimum Gasteiger partial charge on any atom is -0.481 e. The first-order valence-electron chi connectivity index (χ1n) is 10.8. The Kier molecular flexibility index (Phi) is 7.21. The van der Waals surface area contributed by atoms with E-state index in [0.29, 0.717) is 12.5 Å². The lowest BCUT2D eigenvalue weighted by Crippen LogP contribution is -2.13. The number of benzene rings is 2. The maximum atomic E-state index is 10.7. The summed E-state index contributed by atoms with van der Waals surface area (Å²) in [4.78, 5) is 0. The molecule has 0 atom stereocenters. The standard InChI is InChI=1S/C27H29O2P/c28-27(29-21-11-14-22-12-4-1-5-13-22)25-19-10-20-26(25)30(23-15-6-2-7-16-23)24-17-8-3-9-18-24/h2-3,6-11,14-20,22,28H,1,4-5,12-13,21H2/b14-11-,27-25-. The highest BCUT2D eigenvalue weighted by Crippen LogP contribution is 2.49. The highest BCUT2D eigenvalue weighted by atomic mass is 31.1. The van der Waals surface area contributed by atoms with Crippen molar-refractivity contribution < 1.29 is 9.84 Å². The third kappa shape index (κ3) is 5.12. The molecule has 1 fully saturated rings. The molecule has 3 heteroatoms. The van der Waals surface area contributed by atoms with E-state index in [9.17, 15) is 5.11 Å². The van der Waals surface area contributed by atoms with Crippen molar-refractivity contribution in [2.24, 2.45) is 5.92 Å². The molecule has 0 heterocycles. The normalized spacial score (nSPS) is 18.8. The summed E-state index contributed by atoms with van der Waals surface area (Å²) in [6.45, 7) is 0.404. The Morgan fingerprint density at radius 1 is 0.933 bits per heavy atom. The van der Waals surface area contributed by atoms with Crippen LogP contribution in [-0.4, -0.2) is 11.7 Å². The van der Waals surface area contributed by atoms with Crippen molar-refractivity contribution in [2.75, 3.05) is 6.61 Å². The number of allylic oxidation sites excluding steroid dienone is 6. The second-order valence-corrected chi connectivity index (χ2v) is 9.96. The van der Waals surface area contributed by atoms with Crippen molar-refractivity contribution in [3.05, 3.63) is 108 Å². The van der Waals surface area contributed by atoms with Crippen LogP contribution in [0.4, 0.5) is 0 Å². The molecule has 0 aromatic heterocycles. The van der Waals surface area contributed by atoms with E-state index in [0.717, 1.165) is 10.9 Å². The van der Waals surface area contributed by atoms with Crippen LogP contribution < -0.4 is 10.6 Å². The smallest absolute Gasteiger partial charge is 0.285 e. The van der Waals surface area contributed by atoms with Crippen LogP contribution in [-0.2, 0) is 4.74 Å². The minimum absolute atomic E-state index is 0.0163. The Bertz CT molecular complexity index is 896. The molecule has 0 amide bonds. The molecule has 0 bridgehead atoms. The van der Waals surface area contributed by atoms with Gasteiger partial charge in [0, 0.05) is 0 Å². The first-order valence-corrected chi connectivity index (χ1v) is 12.2. The fraction of sp³-hybridized carbons (Fsp3) is 0.259. The van der Waals surface area contributed by atoms with Crippen molar-refractivity contribution in [1.29, 1.82) is 0 Å². The SMILES string of the molecule is O/C(OC/C=C\C1CCCCC1)=C1\C=CC=C1P(c1ccccc1)c1ccccc1. The van der Waals surface area contributed by atoms with E-state index < -0.39 is 7.92 Å². The third-order valence-corrected chi connectivity index (χ3v) is 8.17. The maximum Gasteiger partial charge on any atom is 0.285 e. The summed E-state index contributed by atoms with van der Waals surface area (Å²) in [5, 5.41) is 14.4. The van der Waals surface area contributed by atoms with Crippen molar-refractivity contribution >= 4 is 18.5 Å². The van der Waals surface area contributed by atoms with Crippen LogP contribution in [0.5, 0.6) is 0 Å². The van der Waals surface area contributed by atoms with Crippen LogP contribution in [0.3, 0.4) is 0 Å². The van der Waals surface area contributed by atoms with Gasteiger partial charge < -0.3 is 9.84 Å². The number of hydrogen-bond acceptors (Lipinski definition) is 2. The predicted octanol–water partition coefficient (Wildman–Crippen LogP) is 6.50. The van der Waals surface area contributed by atoms with Gasteiger partial charge >= 0.3 is 0 Å². The summed E-state index contributed by atoms with van der Waals surface area (Å²) in [6.07, 6.45) is 17.0. The zero-order chi connectivity index (χ0) is 20.6. The molecule has 0 unspecified atom stereocenters. The van der Waals surface area contributed by atoms with E-state index in [-0.39, 0.29) is 5.95 Å². The van der Waals surface area contributed by atoms with E-state index in [1.54, 1.807) is 0 Å². The zero-order valence-electron chi connectivity index (χ0n) is 17.3. The summed E-state index contributed by atoms with van der Waals surface area (Å²) in [7, 11) is -0.770. The molecule has 0 spiro atoms. The Balaban J connectivity index is 1.52. The van der Waals surface area contributed by atoms with Crippen molar-refractivity contribution in [1.82, 2.24) is 0 Å². The molecule has 2 aromatic carbocycles. The van der Waals surface area contributed by atoms with Crippen LogP contribution in [0.25, 0.3) is 0 Å². The Hall–Kier alpha value is -2.57. The second kappa shape index (κ2) is 10.5. The largest absolute Gasteiger partial charge is 0.481 e. The molecule has 2 aliphatic rings. The van der Waals surface area contributed by atoms with E-state index >= 15 is 0 Å². The average molecular weight is 417 g/mol. The molecule has 0 aliphatic heterocycles. The molecule has 1 N–H and O–H groups in total. The van der Waals surface area contributed by atoms with Gasteiger partial charge in [0.2, 0.25) is 0 Å². The van der Waals surface area contributed by atoms with E-state index in [1.807, 2.05) is 24.3 Å². The van der Waals surface area contributed by atoms with Gasteiger partial charge in [0.05, 0.1) is 5.57 Å². The van der Waals surface area contributed by atoms with Gasteiger partial charge in [-0.15, -0.1) is 0 Å². The quantitative estimate of drug-likeness (QED) is 0.317. The molecule has 30 heavy (non-hydrogen) atoms. The topological polar surface area (TPSA) is 29.5 Å². The van der Waals surface area contributed by atoms with Gasteiger partial charge in [-0.25, -0.2) is 0 Å². The highest BCUT2D eigenvalue weighted by Gasteiger charge is 2.25.